The molecule has 0 amide bonds. The lowest BCUT2D eigenvalue weighted by molar-refractivity contribution is 0.112. The first-order chi connectivity index (χ1) is 5.65. The molecule has 0 radical (unpaired) electrons. The summed E-state index contributed by atoms with van der Waals surface area (Å²) < 4.78 is 24.2. The van der Waals surface area contributed by atoms with E-state index in [0.717, 1.165) is 6.20 Å². The summed E-state index contributed by atoms with van der Waals surface area (Å²) in [4.78, 5) is 13.7. The largest absolute Gasteiger partial charge is 0.298 e. The smallest absolute Gasteiger partial charge is 0.280 e. The maximum absolute atomic E-state index is 12.1. The van der Waals surface area contributed by atoms with Crippen molar-refractivity contribution in [3.8, 4) is 0 Å². The van der Waals surface area contributed by atoms with Crippen LogP contribution in [0.25, 0.3) is 0 Å². The summed E-state index contributed by atoms with van der Waals surface area (Å²) in [7, 11) is 0. The minimum atomic E-state index is -2.58. The number of hydrogen-bond acceptors (Lipinski definition) is 2. The van der Waals surface area contributed by atoms with Gasteiger partial charge in [-0.05, 0) is 18.6 Å². The minimum absolute atomic E-state index is 0.263. The van der Waals surface area contributed by atoms with Crippen molar-refractivity contribution in [2.45, 2.75) is 13.3 Å². The lowest BCUT2D eigenvalue weighted by atomic mass is 10.2. The zero-order valence-electron chi connectivity index (χ0n) is 6.42. The molecule has 64 valence electrons. The Balaban J connectivity index is 3.11. The highest BCUT2D eigenvalue weighted by Gasteiger charge is 2.11. The fraction of sp³-hybridized carbons (Fsp3) is 0.250. The second-order valence-corrected chi connectivity index (χ2v) is 2.39. The molecule has 4 heteroatoms. The highest BCUT2D eigenvalue weighted by molar-refractivity contribution is 5.74. The summed E-state index contributed by atoms with van der Waals surface area (Å²) >= 11 is 0. The number of aldehydes is 1. The Bertz CT molecular complexity index is 299. The Hall–Kier alpha value is -1.32. The Labute approximate surface area is 68.2 Å². The first-order valence-corrected chi connectivity index (χ1v) is 3.35. The number of halogens is 2. The van der Waals surface area contributed by atoms with Crippen LogP contribution in [0.1, 0.15) is 28.0 Å². The minimum Gasteiger partial charge on any atom is -0.298 e. The molecule has 0 saturated heterocycles. The van der Waals surface area contributed by atoms with Gasteiger partial charge in [0.05, 0.1) is 0 Å². The van der Waals surface area contributed by atoms with Crippen molar-refractivity contribution in [1.29, 1.82) is 0 Å². The van der Waals surface area contributed by atoms with Crippen LogP contribution in [0, 0.1) is 6.92 Å². The highest BCUT2D eigenvalue weighted by atomic mass is 19.3. The zero-order valence-corrected chi connectivity index (χ0v) is 6.42. The van der Waals surface area contributed by atoms with E-state index in [4.69, 9.17) is 0 Å². The molecule has 0 saturated carbocycles. The van der Waals surface area contributed by atoms with Gasteiger partial charge >= 0.3 is 0 Å². The average molecular weight is 171 g/mol. The number of nitrogens with zero attached hydrogens (tertiary/aromatic N) is 1. The first-order valence-electron chi connectivity index (χ1n) is 3.35. The van der Waals surface area contributed by atoms with Crippen LogP contribution in [-0.2, 0) is 0 Å². The van der Waals surface area contributed by atoms with Crippen molar-refractivity contribution in [3.63, 3.8) is 0 Å². The monoisotopic (exact) mass is 171 g/mol. The molecular weight excluding hydrogens is 164 g/mol. The molecule has 0 bridgehead atoms. The maximum Gasteiger partial charge on any atom is 0.280 e. The molecule has 0 aliphatic heterocycles. The van der Waals surface area contributed by atoms with E-state index in [2.05, 4.69) is 4.98 Å². The van der Waals surface area contributed by atoms with Gasteiger partial charge in [-0.2, -0.15) is 0 Å². The standard InChI is InChI=1S/C8H7F2NO/c1-5-2-6(4-12)3-11-7(5)8(9)10/h2-4,8H,1H3. The molecular formula is C8H7F2NO. The molecule has 1 rings (SSSR count). The third-order valence-corrected chi connectivity index (χ3v) is 1.48. The van der Waals surface area contributed by atoms with Gasteiger partial charge in [0.15, 0.2) is 6.29 Å². The van der Waals surface area contributed by atoms with E-state index in [1.54, 1.807) is 0 Å². The van der Waals surface area contributed by atoms with Crippen molar-refractivity contribution in [1.82, 2.24) is 4.98 Å². The van der Waals surface area contributed by atoms with Crippen LogP contribution in [0.5, 0.6) is 0 Å². The van der Waals surface area contributed by atoms with Crippen molar-refractivity contribution in [2.24, 2.45) is 0 Å². The molecule has 12 heavy (non-hydrogen) atoms. The summed E-state index contributed by atoms with van der Waals surface area (Å²) in [5, 5.41) is 0. The van der Waals surface area contributed by atoms with Gasteiger partial charge in [0.2, 0.25) is 0 Å². The van der Waals surface area contributed by atoms with Crippen LogP contribution in [0.3, 0.4) is 0 Å². The van der Waals surface area contributed by atoms with Crippen LogP contribution >= 0.6 is 0 Å². The molecule has 0 spiro atoms. The van der Waals surface area contributed by atoms with E-state index >= 15 is 0 Å². The summed E-state index contributed by atoms with van der Waals surface area (Å²) in [6, 6.07) is 1.39. The van der Waals surface area contributed by atoms with Crippen LogP contribution in [0.4, 0.5) is 8.78 Å². The number of carbonyl (C=O) groups is 1. The van der Waals surface area contributed by atoms with Crippen LogP contribution in [0.2, 0.25) is 0 Å². The number of carbonyl (C=O) groups excluding carboxylic acids is 1. The van der Waals surface area contributed by atoms with Crippen molar-refractivity contribution >= 4 is 6.29 Å². The number of rotatable bonds is 2. The Morgan fingerprint density at radius 2 is 2.25 bits per heavy atom. The molecule has 0 N–H and O–H groups in total. The number of aryl methyl sites for hydroxylation is 1. The number of hydrogen-bond donors (Lipinski definition) is 0. The Morgan fingerprint density at radius 3 is 2.67 bits per heavy atom. The Kier molecular flexibility index (Phi) is 2.47. The van der Waals surface area contributed by atoms with Crippen molar-refractivity contribution < 1.29 is 13.6 Å². The maximum atomic E-state index is 12.1. The first kappa shape index (κ1) is 8.77. The molecule has 0 aliphatic rings. The molecule has 0 aliphatic carbocycles. The van der Waals surface area contributed by atoms with Gasteiger partial charge in [0.1, 0.15) is 5.69 Å². The molecule has 0 atom stereocenters. The third kappa shape index (κ3) is 1.64. The van der Waals surface area contributed by atoms with E-state index in [0.29, 0.717) is 17.4 Å². The molecule has 1 aromatic heterocycles. The van der Waals surface area contributed by atoms with Crippen LogP contribution in [0.15, 0.2) is 12.3 Å². The molecule has 1 heterocycles. The van der Waals surface area contributed by atoms with Crippen LogP contribution < -0.4 is 0 Å². The molecule has 1 aromatic rings. The van der Waals surface area contributed by atoms with Gasteiger partial charge in [0, 0.05) is 11.8 Å². The fourth-order valence-electron chi connectivity index (χ4n) is 0.900. The van der Waals surface area contributed by atoms with Gasteiger partial charge in [-0.1, -0.05) is 0 Å². The van der Waals surface area contributed by atoms with E-state index in [-0.39, 0.29) is 5.69 Å². The van der Waals surface area contributed by atoms with Crippen molar-refractivity contribution in [3.05, 3.63) is 29.1 Å². The van der Waals surface area contributed by atoms with E-state index in [9.17, 15) is 13.6 Å². The molecule has 0 fully saturated rings. The predicted molar refractivity (Wildman–Crippen MR) is 39.3 cm³/mol. The summed E-state index contributed by atoms with van der Waals surface area (Å²) in [5.74, 6) is 0. The average Bonchev–Trinajstić information content (AvgIpc) is 2.03. The second-order valence-electron chi connectivity index (χ2n) is 2.39. The number of pyridine rings is 1. The third-order valence-electron chi connectivity index (χ3n) is 1.48. The van der Waals surface area contributed by atoms with E-state index in [1.807, 2.05) is 0 Å². The lowest BCUT2D eigenvalue weighted by Crippen LogP contribution is -1.95. The number of alkyl halides is 2. The summed E-state index contributed by atoms with van der Waals surface area (Å²) in [5.41, 5.74) is 0.395. The van der Waals surface area contributed by atoms with Gasteiger partial charge in [0.25, 0.3) is 6.43 Å². The topological polar surface area (TPSA) is 30.0 Å². The lowest BCUT2D eigenvalue weighted by Gasteiger charge is -2.02. The van der Waals surface area contributed by atoms with Gasteiger partial charge in [-0.3, -0.25) is 9.78 Å². The van der Waals surface area contributed by atoms with E-state index in [1.165, 1.54) is 13.0 Å². The van der Waals surface area contributed by atoms with E-state index < -0.39 is 6.43 Å². The normalized spacial score (nSPS) is 10.3. The zero-order chi connectivity index (χ0) is 9.14. The molecule has 0 unspecified atom stereocenters. The van der Waals surface area contributed by atoms with Gasteiger partial charge in [-0.15, -0.1) is 0 Å². The quantitative estimate of drug-likeness (QED) is 0.638. The molecule has 0 aromatic carbocycles. The van der Waals surface area contributed by atoms with Gasteiger partial charge < -0.3 is 0 Å². The highest BCUT2D eigenvalue weighted by Crippen LogP contribution is 2.19. The predicted octanol–water partition coefficient (Wildman–Crippen LogP) is 2.14. The second kappa shape index (κ2) is 3.38. The summed E-state index contributed by atoms with van der Waals surface area (Å²) in [6.45, 7) is 1.50. The van der Waals surface area contributed by atoms with Crippen LogP contribution in [-0.4, -0.2) is 11.3 Å². The van der Waals surface area contributed by atoms with Gasteiger partial charge in [-0.25, -0.2) is 8.78 Å². The fourth-order valence-corrected chi connectivity index (χ4v) is 0.900. The summed E-state index contributed by atoms with van der Waals surface area (Å²) in [6.07, 6.45) is -0.859. The SMILES string of the molecule is Cc1cc(C=O)cnc1C(F)F. The number of aromatic nitrogens is 1. The van der Waals surface area contributed by atoms with Crippen molar-refractivity contribution in [2.75, 3.05) is 0 Å². The molecule has 2 nitrogen and oxygen atoms in total. The Morgan fingerprint density at radius 1 is 1.58 bits per heavy atom.